The number of carbonyl (C=O) groups is 1. The molecule has 1 rings (SSSR count). The van der Waals surface area contributed by atoms with Crippen LogP contribution in [0.2, 0.25) is 0 Å². The fourth-order valence-corrected chi connectivity index (χ4v) is 3.24. The van der Waals surface area contributed by atoms with E-state index in [-0.39, 0.29) is 6.04 Å². The van der Waals surface area contributed by atoms with Crippen molar-refractivity contribution < 1.29 is 9.90 Å². The number of aliphatic carboxylic acids is 1. The Bertz CT molecular complexity index is 211. The molecule has 15 heavy (non-hydrogen) atoms. The van der Waals surface area contributed by atoms with Crippen LogP contribution in [-0.2, 0) is 4.79 Å². The number of unbranched alkanes of at least 4 members (excludes halogenated alkanes) is 1. The van der Waals surface area contributed by atoms with Crippen LogP contribution in [0.5, 0.6) is 0 Å². The van der Waals surface area contributed by atoms with Gasteiger partial charge in [-0.3, -0.25) is 4.79 Å². The van der Waals surface area contributed by atoms with Gasteiger partial charge in [-0.25, -0.2) is 0 Å². The van der Waals surface area contributed by atoms with Crippen LogP contribution in [0.25, 0.3) is 0 Å². The molecule has 1 aliphatic heterocycles. The van der Waals surface area contributed by atoms with Crippen molar-refractivity contribution in [2.75, 3.05) is 11.5 Å². The molecule has 1 saturated heterocycles. The van der Waals surface area contributed by atoms with Gasteiger partial charge in [0.15, 0.2) is 0 Å². The van der Waals surface area contributed by atoms with Crippen molar-refractivity contribution in [2.24, 2.45) is 5.92 Å². The average molecular weight is 231 g/mol. The molecule has 0 amide bonds. The lowest BCUT2D eigenvalue weighted by Crippen LogP contribution is -2.45. The fourth-order valence-electron chi connectivity index (χ4n) is 1.82. The lowest BCUT2D eigenvalue weighted by atomic mass is 10.0. The summed E-state index contributed by atoms with van der Waals surface area (Å²) in [5, 5.41) is 12.4. The van der Waals surface area contributed by atoms with Gasteiger partial charge in [0.25, 0.3) is 0 Å². The van der Waals surface area contributed by atoms with E-state index in [9.17, 15) is 4.79 Å². The van der Waals surface area contributed by atoms with Gasteiger partial charge in [0.1, 0.15) is 6.04 Å². The van der Waals surface area contributed by atoms with Crippen LogP contribution in [0, 0.1) is 5.92 Å². The molecule has 4 heteroatoms. The Labute approximate surface area is 96.0 Å². The standard InChI is InChI=1S/C11H21NO2S/c1-3-4-5-9(11(13)14)12-10-7-15-6-8(10)2/h8-10,12H,3-7H2,1-2H3,(H,13,14)/t8?,9-,10?/m0/s1. The van der Waals surface area contributed by atoms with E-state index >= 15 is 0 Å². The maximum Gasteiger partial charge on any atom is 0.320 e. The number of nitrogens with one attached hydrogen (secondary N) is 1. The highest BCUT2D eigenvalue weighted by molar-refractivity contribution is 7.99. The minimum atomic E-state index is -0.701. The van der Waals surface area contributed by atoms with Crippen molar-refractivity contribution in [1.29, 1.82) is 0 Å². The highest BCUT2D eigenvalue weighted by Gasteiger charge is 2.28. The monoisotopic (exact) mass is 231 g/mol. The number of hydrogen-bond acceptors (Lipinski definition) is 3. The van der Waals surface area contributed by atoms with Crippen LogP contribution in [0.3, 0.4) is 0 Å². The zero-order valence-electron chi connectivity index (χ0n) is 9.53. The van der Waals surface area contributed by atoms with Gasteiger partial charge in [0.2, 0.25) is 0 Å². The minimum absolute atomic E-state index is 0.351. The molecule has 3 nitrogen and oxygen atoms in total. The summed E-state index contributed by atoms with van der Waals surface area (Å²) >= 11 is 1.91. The van der Waals surface area contributed by atoms with Gasteiger partial charge in [-0.05, 0) is 18.1 Å². The lowest BCUT2D eigenvalue weighted by Gasteiger charge is -2.22. The summed E-state index contributed by atoms with van der Waals surface area (Å²) in [6.07, 6.45) is 2.79. The van der Waals surface area contributed by atoms with Crippen molar-refractivity contribution >= 4 is 17.7 Å². The molecule has 0 aliphatic carbocycles. The quantitative estimate of drug-likeness (QED) is 0.734. The number of rotatable bonds is 6. The molecule has 1 fully saturated rings. The van der Waals surface area contributed by atoms with E-state index in [4.69, 9.17) is 5.11 Å². The third-order valence-electron chi connectivity index (χ3n) is 2.92. The van der Waals surface area contributed by atoms with Crippen molar-refractivity contribution in [3.63, 3.8) is 0 Å². The molecule has 1 aliphatic rings. The van der Waals surface area contributed by atoms with Gasteiger partial charge < -0.3 is 10.4 Å². The molecule has 0 radical (unpaired) electrons. The van der Waals surface area contributed by atoms with Gasteiger partial charge in [-0.2, -0.15) is 11.8 Å². The summed E-state index contributed by atoms with van der Waals surface area (Å²) in [6.45, 7) is 4.28. The summed E-state index contributed by atoms with van der Waals surface area (Å²) < 4.78 is 0. The molecule has 2 unspecified atom stereocenters. The van der Waals surface area contributed by atoms with Crippen molar-refractivity contribution in [3.8, 4) is 0 Å². The first-order valence-corrected chi connectivity index (χ1v) is 6.87. The molecule has 0 aromatic carbocycles. The van der Waals surface area contributed by atoms with Crippen LogP contribution >= 0.6 is 11.8 Å². The SMILES string of the molecule is CCCC[C@H](NC1CSCC1C)C(=O)O. The Kier molecular flexibility index (Phi) is 5.47. The molecule has 2 N–H and O–H groups in total. The second-order valence-electron chi connectivity index (χ2n) is 4.32. The van der Waals surface area contributed by atoms with Crippen LogP contribution in [-0.4, -0.2) is 34.7 Å². The molecule has 1 heterocycles. The average Bonchev–Trinajstić information content (AvgIpc) is 2.58. The van der Waals surface area contributed by atoms with Crippen molar-refractivity contribution in [3.05, 3.63) is 0 Å². The number of hydrogen-bond donors (Lipinski definition) is 2. The van der Waals surface area contributed by atoms with Crippen LogP contribution in [0.1, 0.15) is 33.1 Å². The molecular weight excluding hydrogens is 210 g/mol. The minimum Gasteiger partial charge on any atom is -0.480 e. The first kappa shape index (κ1) is 12.8. The van der Waals surface area contributed by atoms with Gasteiger partial charge in [0.05, 0.1) is 0 Å². The Balaban J connectivity index is 2.39. The molecule has 0 bridgehead atoms. The highest BCUT2D eigenvalue weighted by Crippen LogP contribution is 2.24. The Morgan fingerprint density at radius 2 is 2.33 bits per heavy atom. The Morgan fingerprint density at radius 3 is 2.80 bits per heavy atom. The zero-order chi connectivity index (χ0) is 11.3. The summed E-state index contributed by atoms with van der Waals surface area (Å²) in [5.41, 5.74) is 0. The van der Waals surface area contributed by atoms with E-state index in [1.807, 2.05) is 11.8 Å². The van der Waals surface area contributed by atoms with Gasteiger partial charge in [-0.15, -0.1) is 0 Å². The van der Waals surface area contributed by atoms with Gasteiger partial charge in [0, 0.05) is 11.8 Å². The van der Waals surface area contributed by atoms with Crippen molar-refractivity contribution in [2.45, 2.75) is 45.2 Å². The molecular formula is C11H21NO2S. The van der Waals surface area contributed by atoms with Gasteiger partial charge >= 0.3 is 5.97 Å². The maximum absolute atomic E-state index is 11.0. The number of carboxylic acid groups (broad SMARTS) is 1. The smallest absolute Gasteiger partial charge is 0.320 e. The highest BCUT2D eigenvalue weighted by atomic mass is 32.2. The molecule has 88 valence electrons. The molecule has 0 saturated carbocycles. The van der Waals surface area contributed by atoms with E-state index in [0.717, 1.165) is 30.8 Å². The van der Waals surface area contributed by atoms with Crippen molar-refractivity contribution in [1.82, 2.24) is 5.32 Å². The zero-order valence-corrected chi connectivity index (χ0v) is 10.3. The molecule has 3 atom stereocenters. The molecule has 0 spiro atoms. The van der Waals surface area contributed by atoms with E-state index < -0.39 is 5.97 Å². The second-order valence-corrected chi connectivity index (χ2v) is 5.40. The largest absolute Gasteiger partial charge is 0.480 e. The number of carboxylic acids is 1. The van der Waals surface area contributed by atoms with E-state index in [1.165, 1.54) is 0 Å². The Hall–Kier alpha value is -0.220. The molecule has 0 aromatic heterocycles. The van der Waals surface area contributed by atoms with E-state index in [1.54, 1.807) is 0 Å². The lowest BCUT2D eigenvalue weighted by molar-refractivity contribution is -0.140. The molecule has 0 aromatic rings. The normalized spacial score (nSPS) is 27.9. The number of thioether (sulfide) groups is 1. The van der Waals surface area contributed by atoms with Crippen LogP contribution in [0.15, 0.2) is 0 Å². The first-order valence-electron chi connectivity index (χ1n) is 5.71. The Morgan fingerprint density at radius 1 is 1.60 bits per heavy atom. The van der Waals surface area contributed by atoms with Crippen LogP contribution < -0.4 is 5.32 Å². The summed E-state index contributed by atoms with van der Waals surface area (Å²) in [6, 6.07) is 0.0315. The van der Waals surface area contributed by atoms with Gasteiger partial charge in [-0.1, -0.05) is 26.7 Å². The topological polar surface area (TPSA) is 49.3 Å². The fraction of sp³-hybridized carbons (Fsp3) is 0.909. The van der Waals surface area contributed by atoms with E-state index in [2.05, 4.69) is 19.2 Å². The van der Waals surface area contributed by atoms with Crippen LogP contribution in [0.4, 0.5) is 0 Å². The third kappa shape index (κ3) is 4.03. The predicted octanol–water partition coefficient (Wildman–Crippen LogP) is 1.97. The maximum atomic E-state index is 11.0. The summed E-state index contributed by atoms with van der Waals surface area (Å²) in [5.74, 6) is 2.10. The summed E-state index contributed by atoms with van der Waals surface area (Å²) in [7, 11) is 0. The summed E-state index contributed by atoms with van der Waals surface area (Å²) in [4.78, 5) is 11.0. The second kappa shape index (κ2) is 6.38. The first-order chi connectivity index (χ1) is 7.15. The predicted molar refractivity (Wildman–Crippen MR) is 64.4 cm³/mol. The third-order valence-corrected chi connectivity index (χ3v) is 4.28. The van der Waals surface area contributed by atoms with E-state index in [0.29, 0.717) is 12.0 Å².